The number of aliphatic hydroxyl groups excluding tert-OH is 2. The summed E-state index contributed by atoms with van der Waals surface area (Å²) in [6.07, 6.45) is -4.58. The number of hydrogen-bond donors (Lipinski definition) is 3. The normalized spacial score (nSPS) is 20.0. The monoisotopic (exact) mass is 666 g/mol. The van der Waals surface area contributed by atoms with Crippen molar-refractivity contribution in [3.05, 3.63) is 41.0 Å². The summed E-state index contributed by atoms with van der Waals surface area (Å²) >= 11 is 0.653. The molecule has 2 aromatic heterocycles. The maximum Gasteiger partial charge on any atom is 0.417 e. The molecule has 0 spiro atoms. The number of aromatic nitrogens is 2. The van der Waals surface area contributed by atoms with E-state index < -0.39 is 76.3 Å². The van der Waals surface area contributed by atoms with Crippen LogP contribution in [0.1, 0.15) is 30.4 Å². The minimum Gasteiger partial charge on any atom is -0.461 e. The zero-order valence-electron chi connectivity index (χ0n) is 24.2. The minimum absolute atomic E-state index is 0.0637. The molecule has 0 aliphatic carbocycles. The first-order chi connectivity index (χ1) is 21.9. The van der Waals surface area contributed by atoms with Crippen molar-refractivity contribution in [2.75, 3.05) is 56.6 Å². The largest absolute Gasteiger partial charge is 0.461 e. The van der Waals surface area contributed by atoms with Gasteiger partial charge in [-0.2, -0.15) is 28.4 Å². The van der Waals surface area contributed by atoms with Crippen LogP contribution in [0.15, 0.2) is 18.2 Å². The van der Waals surface area contributed by atoms with Gasteiger partial charge in [0.1, 0.15) is 41.0 Å². The lowest BCUT2D eigenvalue weighted by molar-refractivity contribution is -0.137. The second kappa shape index (κ2) is 12.0. The van der Waals surface area contributed by atoms with Gasteiger partial charge in [0, 0.05) is 42.4 Å². The number of halogens is 6. The van der Waals surface area contributed by atoms with E-state index in [1.807, 2.05) is 4.90 Å². The number of thiophene rings is 1. The second-order valence-corrected chi connectivity index (χ2v) is 12.4. The first-order valence-electron chi connectivity index (χ1n) is 14.4. The van der Waals surface area contributed by atoms with E-state index in [1.54, 1.807) is 6.07 Å². The molecule has 2 fully saturated rings. The Labute approximate surface area is 262 Å². The van der Waals surface area contributed by atoms with E-state index in [1.165, 1.54) is 4.90 Å². The smallest absolute Gasteiger partial charge is 0.417 e. The molecule has 46 heavy (non-hydrogen) atoms. The van der Waals surface area contributed by atoms with Gasteiger partial charge in [-0.3, -0.25) is 4.90 Å². The summed E-state index contributed by atoms with van der Waals surface area (Å²) in [5.74, 6) is -2.53. The van der Waals surface area contributed by atoms with Gasteiger partial charge in [-0.15, -0.1) is 11.3 Å². The third-order valence-electron chi connectivity index (χ3n) is 8.67. The van der Waals surface area contributed by atoms with E-state index in [2.05, 4.69) is 9.97 Å². The SMILES string of the molecule is N#Cc1c(N)sc2c(F)ccc(-c3c(C(F)(F)F)cc4c(N(CCO)CCO)nc(OCC56CCCN5CC(F)C6)nc4c3F)c12. The van der Waals surface area contributed by atoms with E-state index in [9.17, 15) is 37.4 Å². The number of ether oxygens (including phenoxy) is 1. The quantitative estimate of drug-likeness (QED) is 0.211. The van der Waals surface area contributed by atoms with Gasteiger partial charge in [0.25, 0.3) is 0 Å². The fourth-order valence-electron chi connectivity index (χ4n) is 6.70. The number of aliphatic hydroxyl groups is 2. The Morgan fingerprint density at radius 3 is 2.61 bits per heavy atom. The number of nitrogen functional groups attached to an aromatic ring is 1. The second-order valence-electron chi connectivity index (χ2n) is 11.4. The predicted molar refractivity (Wildman–Crippen MR) is 159 cm³/mol. The van der Waals surface area contributed by atoms with Gasteiger partial charge in [0.2, 0.25) is 0 Å². The lowest BCUT2D eigenvalue weighted by atomic mass is 9.92. The van der Waals surface area contributed by atoms with Crippen LogP contribution in [0.5, 0.6) is 6.01 Å². The van der Waals surface area contributed by atoms with E-state index in [0.29, 0.717) is 30.4 Å². The molecule has 244 valence electrons. The van der Waals surface area contributed by atoms with Crippen LogP contribution in [0.3, 0.4) is 0 Å². The van der Waals surface area contributed by atoms with Crippen molar-refractivity contribution in [1.29, 1.82) is 5.26 Å². The van der Waals surface area contributed by atoms with Crippen molar-refractivity contribution in [1.82, 2.24) is 14.9 Å². The van der Waals surface area contributed by atoms with Crippen LogP contribution in [0.25, 0.3) is 32.1 Å². The molecule has 2 unspecified atom stereocenters. The highest BCUT2D eigenvalue weighted by atomic mass is 32.1. The Balaban J connectivity index is 1.61. The third-order valence-corrected chi connectivity index (χ3v) is 9.69. The molecule has 6 rings (SSSR count). The Kier molecular flexibility index (Phi) is 8.38. The lowest BCUT2D eigenvalue weighted by Gasteiger charge is -2.31. The summed E-state index contributed by atoms with van der Waals surface area (Å²) in [4.78, 5) is 11.7. The highest BCUT2D eigenvalue weighted by Gasteiger charge is 2.49. The van der Waals surface area contributed by atoms with Crippen molar-refractivity contribution < 1.29 is 41.3 Å². The molecule has 2 aromatic carbocycles. The van der Waals surface area contributed by atoms with E-state index in [4.69, 9.17) is 10.5 Å². The summed E-state index contributed by atoms with van der Waals surface area (Å²) in [7, 11) is 0. The zero-order valence-corrected chi connectivity index (χ0v) is 25.0. The van der Waals surface area contributed by atoms with Crippen LogP contribution < -0.4 is 15.4 Å². The molecular formula is C30H28F6N6O3S. The summed E-state index contributed by atoms with van der Waals surface area (Å²) in [5, 5.41) is 28.3. The van der Waals surface area contributed by atoms with Crippen LogP contribution in [0.4, 0.5) is 37.2 Å². The minimum atomic E-state index is -5.15. The molecule has 2 aliphatic rings. The van der Waals surface area contributed by atoms with Gasteiger partial charge in [0.05, 0.1) is 34.6 Å². The number of nitrogens with zero attached hydrogens (tertiary/aromatic N) is 5. The summed E-state index contributed by atoms with van der Waals surface area (Å²) in [5.41, 5.74) is 1.51. The number of nitrogens with two attached hydrogens (primary N) is 1. The van der Waals surface area contributed by atoms with E-state index in [-0.39, 0.29) is 59.1 Å². The van der Waals surface area contributed by atoms with Crippen molar-refractivity contribution in [2.45, 2.75) is 37.1 Å². The predicted octanol–water partition coefficient (Wildman–Crippen LogP) is 5.01. The van der Waals surface area contributed by atoms with Crippen molar-refractivity contribution in [3.63, 3.8) is 0 Å². The molecule has 0 amide bonds. The molecule has 9 nitrogen and oxygen atoms in total. The molecule has 2 saturated heterocycles. The Hall–Kier alpha value is -3.91. The van der Waals surface area contributed by atoms with Crippen molar-refractivity contribution in [2.24, 2.45) is 0 Å². The first kappa shape index (κ1) is 32.0. The molecule has 2 aliphatic heterocycles. The first-order valence-corrected chi connectivity index (χ1v) is 15.2. The number of hydrogen-bond acceptors (Lipinski definition) is 10. The lowest BCUT2D eigenvalue weighted by Crippen LogP contribution is -2.43. The van der Waals surface area contributed by atoms with Crippen LogP contribution in [-0.4, -0.2) is 82.8 Å². The van der Waals surface area contributed by atoms with Gasteiger partial charge < -0.3 is 25.6 Å². The van der Waals surface area contributed by atoms with Crippen LogP contribution in [0, 0.1) is 23.0 Å². The van der Waals surface area contributed by atoms with Gasteiger partial charge in [0.15, 0.2) is 5.82 Å². The van der Waals surface area contributed by atoms with E-state index in [0.717, 1.165) is 18.6 Å². The fraction of sp³-hybridized carbons (Fsp3) is 0.433. The maximum atomic E-state index is 16.8. The molecule has 4 N–H and O–H groups in total. The van der Waals surface area contributed by atoms with Crippen LogP contribution in [0.2, 0.25) is 0 Å². The molecular weight excluding hydrogens is 638 g/mol. The number of alkyl halides is 4. The highest BCUT2D eigenvalue weighted by Crippen LogP contribution is 2.48. The van der Waals surface area contributed by atoms with Gasteiger partial charge in [-0.1, -0.05) is 6.07 Å². The number of fused-ring (bicyclic) bond motifs is 3. The molecule has 4 heterocycles. The average Bonchev–Trinajstić information content (AvgIpc) is 3.65. The number of benzene rings is 2. The number of anilines is 2. The topological polar surface area (TPSA) is 132 Å². The standard InChI is InChI=1S/C30H28F6N6O3S/c31-15-11-29(4-1-5-42(29)13-15)14-45-28-39-24-17(27(40-28)41(6-8-43)7-9-44)10-19(30(34,35)36)22(23(24)33)16-2-3-20(32)25-21(16)18(12-37)26(38)46-25/h2-3,10,15,43-44H,1,4-9,11,13-14,38H2. The van der Waals surface area contributed by atoms with Crippen LogP contribution in [-0.2, 0) is 6.18 Å². The molecule has 4 aromatic rings. The van der Waals surface area contributed by atoms with Crippen molar-refractivity contribution >= 4 is 43.1 Å². The van der Waals surface area contributed by atoms with Crippen LogP contribution >= 0.6 is 11.3 Å². The number of rotatable bonds is 9. The molecule has 0 saturated carbocycles. The summed E-state index contributed by atoms with van der Waals surface area (Å²) in [6.45, 7) is -0.492. The highest BCUT2D eigenvalue weighted by molar-refractivity contribution is 7.23. The fourth-order valence-corrected chi connectivity index (χ4v) is 7.65. The summed E-state index contributed by atoms with van der Waals surface area (Å²) in [6, 6.07) is 3.85. The third kappa shape index (κ3) is 5.34. The molecule has 0 radical (unpaired) electrons. The van der Waals surface area contributed by atoms with Gasteiger partial charge >= 0.3 is 12.2 Å². The molecule has 0 bridgehead atoms. The molecule has 16 heteroatoms. The Morgan fingerprint density at radius 1 is 1.20 bits per heavy atom. The summed E-state index contributed by atoms with van der Waals surface area (Å²) < 4.78 is 95.9. The average molecular weight is 667 g/mol. The maximum absolute atomic E-state index is 16.8. The number of nitriles is 1. The van der Waals surface area contributed by atoms with Crippen molar-refractivity contribution in [3.8, 4) is 23.2 Å². The van der Waals surface area contributed by atoms with E-state index >= 15 is 4.39 Å². The van der Waals surface area contributed by atoms with Gasteiger partial charge in [-0.05, 0) is 37.1 Å². The zero-order chi connectivity index (χ0) is 33.0. The Bertz CT molecular complexity index is 1860. The Morgan fingerprint density at radius 2 is 1.93 bits per heavy atom. The van der Waals surface area contributed by atoms with Gasteiger partial charge in [-0.25, -0.2) is 13.2 Å². The molecule has 2 atom stereocenters.